The summed E-state index contributed by atoms with van der Waals surface area (Å²) in [5, 5.41) is 19.5. The summed E-state index contributed by atoms with van der Waals surface area (Å²) in [5.41, 5.74) is 7.87. The summed E-state index contributed by atoms with van der Waals surface area (Å²) >= 11 is 7.46. The molecule has 106 valence electrons. The first-order valence-corrected chi connectivity index (χ1v) is 7.20. The predicted molar refractivity (Wildman–Crippen MR) is 83.0 cm³/mol. The lowest BCUT2D eigenvalue weighted by Crippen LogP contribution is -2.05. The Morgan fingerprint density at radius 3 is 2.86 bits per heavy atom. The van der Waals surface area contributed by atoms with Crippen molar-refractivity contribution in [3.63, 3.8) is 0 Å². The summed E-state index contributed by atoms with van der Waals surface area (Å²) in [5.74, 6) is 0.332. The van der Waals surface area contributed by atoms with Crippen molar-refractivity contribution in [2.75, 3.05) is 5.73 Å². The number of anilines is 1. The molecule has 2 aromatic heterocycles. The standard InChI is InChI=1S/C13H9ClN4O2S/c14-9-1-2-11(18(19)20)12(5-9)17-13(15)10(6-16-17)8-3-4-21-7-8/h1-7H,15H2. The van der Waals surface area contributed by atoms with Gasteiger partial charge in [-0.15, -0.1) is 0 Å². The molecule has 0 aliphatic rings. The van der Waals surface area contributed by atoms with Crippen molar-refractivity contribution in [3.05, 3.63) is 56.4 Å². The molecule has 0 bridgehead atoms. The fraction of sp³-hybridized carbons (Fsp3) is 0. The maximum absolute atomic E-state index is 11.1. The normalized spacial score (nSPS) is 10.7. The zero-order valence-corrected chi connectivity index (χ0v) is 12.1. The number of halogens is 1. The lowest BCUT2D eigenvalue weighted by molar-refractivity contribution is -0.384. The average molecular weight is 321 g/mol. The second kappa shape index (κ2) is 5.19. The topological polar surface area (TPSA) is 87.0 Å². The largest absolute Gasteiger partial charge is 0.383 e. The molecule has 0 atom stereocenters. The minimum atomic E-state index is -0.489. The third-order valence-electron chi connectivity index (χ3n) is 3.00. The van der Waals surface area contributed by atoms with Crippen LogP contribution < -0.4 is 5.73 Å². The number of hydrogen-bond donors (Lipinski definition) is 1. The number of nitrogen functional groups attached to an aromatic ring is 1. The number of aromatic nitrogens is 2. The molecule has 0 spiro atoms. The highest BCUT2D eigenvalue weighted by molar-refractivity contribution is 7.08. The van der Waals surface area contributed by atoms with Crippen LogP contribution in [-0.2, 0) is 0 Å². The minimum Gasteiger partial charge on any atom is -0.383 e. The maximum atomic E-state index is 11.1. The fourth-order valence-corrected chi connectivity index (χ4v) is 2.83. The van der Waals surface area contributed by atoms with Gasteiger partial charge in [0.25, 0.3) is 5.69 Å². The van der Waals surface area contributed by atoms with E-state index in [1.165, 1.54) is 34.2 Å². The van der Waals surface area contributed by atoms with E-state index in [0.29, 0.717) is 10.8 Å². The highest BCUT2D eigenvalue weighted by atomic mass is 35.5. The molecule has 6 nitrogen and oxygen atoms in total. The van der Waals surface area contributed by atoms with Crippen LogP contribution in [0.1, 0.15) is 0 Å². The first-order chi connectivity index (χ1) is 10.1. The number of nitro benzene ring substituents is 1. The Bertz CT molecular complexity index is 814. The molecule has 0 saturated carbocycles. The van der Waals surface area contributed by atoms with E-state index in [2.05, 4.69) is 5.10 Å². The van der Waals surface area contributed by atoms with Crippen LogP contribution in [0.4, 0.5) is 11.5 Å². The van der Waals surface area contributed by atoms with Gasteiger partial charge in [0.1, 0.15) is 11.5 Å². The van der Waals surface area contributed by atoms with E-state index in [9.17, 15) is 10.1 Å². The highest BCUT2D eigenvalue weighted by Crippen LogP contribution is 2.33. The minimum absolute atomic E-state index is 0.105. The monoisotopic (exact) mass is 320 g/mol. The number of thiophene rings is 1. The fourth-order valence-electron chi connectivity index (χ4n) is 2.01. The number of benzene rings is 1. The summed E-state index contributed by atoms with van der Waals surface area (Å²) in [6.45, 7) is 0. The third-order valence-corrected chi connectivity index (χ3v) is 3.92. The lowest BCUT2D eigenvalue weighted by Gasteiger charge is -2.06. The number of nitrogens with zero attached hydrogens (tertiary/aromatic N) is 3. The van der Waals surface area contributed by atoms with E-state index in [1.54, 1.807) is 6.20 Å². The van der Waals surface area contributed by atoms with E-state index in [-0.39, 0.29) is 11.4 Å². The summed E-state index contributed by atoms with van der Waals surface area (Å²) in [6, 6.07) is 6.18. The van der Waals surface area contributed by atoms with E-state index in [4.69, 9.17) is 17.3 Å². The van der Waals surface area contributed by atoms with Gasteiger partial charge in [0.05, 0.1) is 11.1 Å². The van der Waals surface area contributed by atoms with Crippen molar-refractivity contribution >= 4 is 34.4 Å². The molecule has 3 rings (SSSR count). The Hall–Kier alpha value is -2.38. The molecule has 1 aromatic carbocycles. The summed E-state index contributed by atoms with van der Waals surface area (Å²) in [7, 11) is 0. The Balaban J connectivity index is 2.18. The van der Waals surface area contributed by atoms with Crippen LogP contribution in [0.15, 0.2) is 41.2 Å². The van der Waals surface area contributed by atoms with Crippen LogP contribution in [0.3, 0.4) is 0 Å². The molecule has 0 fully saturated rings. The second-order valence-electron chi connectivity index (χ2n) is 4.26. The first-order valence-electron chi connectivity index (χ1n) is 5.88. The van der Waals surface area contributed by atoms with Crippen LogP contribution >= 0.6 is 22.9 Å². The van der Waals surface area contributed by atoms with Gasteiger partial charge in [-0.05, 0) is 34.5 Å². The maximum Gasteiger partial charge on any atom is 0.295 e. The molecule has 0 saturated heterocycles. The van der Waals surface area contributed by atoms with Gasteiger partial charge >= 0.3 is 0 Å². The Morgan fingerprint density at radius 1 is 1.38 bits per heavy atom. The van der Waals surface area contributed by atoms with Crippen LogP contribution in [0.5, 0.6) is 0 Å². The predicted octanol–water partition coefficient (Wildman–Crippen LogP) is 3.74. The van der Waals surface area contributed by atoms with Crippen molar-refractivity contribution in [1.82, 2.24) is 9.78 Å². The summed E-state index contributed by atoms with van der Waals surface area (Å²) in [4.78, 5) is 10.6. The number of hydrogen-bond acceptors (Lipinski definition) is 5. The van der Waals surface area contributed by atoms with E-state index in [0.717, 1.165) is 11.1 Å². The molecule has 0 aliphatic heterocycles. The SMILES string of the molecule is Nc1c(-c2ccsc2)cnn1-c1cc(Cl)ccc1[N+](=O)[O-]. The van der Waals surface area contributed by atoms with Gasteiger partial charge in [-0.2, -0.15) is 16.4 Å². The Labute approximate surface area is 128 Å². The average Bonchev–Trinajstić information content (AvgIpc) is 3.07. The van der Waals surface area contributed by atoms with Crippen molar-refractivity contribution in [2.24, 2.45) is 0 Å². The molecule has 0 aliphatic carbocycles. The smallest absolute Gasteiger partial charge is 0.295 e. The van der Waals surface area contributed by atoms with Crippen LogP contribution in [0.25, 0.3) is 16.8 Å². The molecule has 21 heavy (non-hydrogen) atoms. The molecule has 0 radical (unpaired) electrons. The molecular weight excluding hydrogens is 312 g/mol. The highest BCUT2D eigenvalue weighted by Gasteiger charge is 2.20. The van der Waals surface area contributed by atoms with Crippen molar-refractivity contribution in [3.8, 4) is 16.8 Å². The molecule has 0 unspecified atom stereocenters. The molecule has 2 N–H and O–H groups in total. The summed E-state index contributed by atoms with van der Waals surface area (Å²) < 4.78 is 1.33. The molecule has 0 amide bonds. The second-order valence-corrected chi connectivity index (χ2v) is 5.47. The molecule has 8 heteroatoms. The van der Waals surface area contributed by atoms with E-state index in [1.807, 2.05) is 16.8 Å². The lowest BCUT2D eigenvalue weighted by atomic mass is 10.2. The van der Waals surface area contributed by atoms with Crippen molar-refractivity contribution in [2.45, 2.75) is 0 Å². The van der Waals surface area contributed by atoms with Crippen LogP contribution in [0, 0.1) is 10.1 Å². The van der Waals surface area contributed by atoms with Crippen molar-refractivity contribution < 1.29 is 4.92 Å². The number of rotatable bonds is 3. The zero-order valence-electron chi connectivity index (χ0n) is 10.6. The Kier molecular flexibility index (Phi) is 3.36. The van der Waals surface area contributed by atoms with Gasteiger partial charge in [0.15, 0.2) is 0 Å². The number of nitrogens with two attached hydrogens (primary N) is 1. The van der Waals surface area contributed by atoms with Gasteiger partial charge in [0, 0.05) is 16.7 Å². The quantitative estimate of drug-likeness (QED) is 0.588. The van der Waals surface area contributed by atoms with Gasteiger partial charge in [-0.25, -0.2) is 4.68 Å². The molecule has 2 heterocycles. The van der Waals surface area contributed by atoms with E-state index < -0.39 is 4.92 Å². The van der Waals surface area contributed by atoms with Gasteiger partial charge in [-0.3, -0.25) is 10.1 Å². The first kappa shape index (κ1) is 13.6. The van der Waals surface area contributed by atoms with Gasteiger partial charge in [0.2, 0.25) is 0 Å². The number of nitro groups is 1. The zero-order chi connectivity index (χ0) is 15.0. The van der Waals surface area contributed by atoms with Gasteiger partial charge in [-0.1, -0.05) is 11.6 Å². The molecule has 3 aromatic rings. The third kappa shape index (κ3) is 2.37. The van der Waals surface area contributed by atoms with E-state index >= 15 is 0 Å². The van der Waals surface area contributed by atoms with Crippen molar-refractivity contribution in [1.29, 1.82) is 0 Å². The van der Waals surface area contributed by atoms with Gasteiger partial charge < -0.3 is 5.73 Å². The summed E-state index contributed by atoms with van der Waals surface area (Å²) in [6.07, 6.45) is 1.59. The van der Waals surface area contributed by atoms with Crippen LogP contribution in [-0.4, -0.2) is 14.7 Å². The molecular formula is C13H9ClN4O2S. The Morgan fingerprint density at radius 2 is 2.19 bits per heavy atom. The van der Waals surface area contributed by atoms with Crippen LogP contribution in [0.2, 0.25) is 5.02 Å².